The summed E-state index contributed by atoms with van der Waals surface area (Å²) in [6, 6.07) is 5.37. The highest BCUT2D eigenvalue weighted by Gasteiger charge is 2.13. The van der Waals surface area contributed by atoms with Crippen molar-refractivity contribution in [2.45, 2.75) is 20.3 Å². The molecule has 0 bridgehead atoms. The predicted octanol–water partition coefficient (Wildman–Crippen LogP) is 3.21. The van der Waals surface area contributed by atoms with Crippen molar-refractivity contribution in [2.75, 3.05) is 5.73 Å². The zero-order valence-corrected chi connectivity index (χ0v) is 11.1. The SMILES string of the molecule is CC(C)(C#Cc1cc(N)c(C=N)cc1Cl)CC#N. The van der Waals surface area contributed by atoms with Crippen LogP contribution < -0.4 is 5.73 Å². The summed E-state index contributed by atoms with van der Waals surface area (Å²) in [5, 5.41) is 16.3. The van der Waals surface area contributed by atoms with Gasteiger partial charge in [0.2, 0.25) is 0 Å². The summed E-state index contributed by atoms with van der Waals surface area (Å²) in [7, 11) is 0. The van der Waals surface area contributed by atoms with Crippen molar-refractivity contribution in [1.82, 2.24) is 0 Å². The van der Waals surface area contributed by atoms with E-state index in [4.69, 9.17) is 28.0 Å². The van der Waals surface area contributed by atoms with E-state index in [9.17, 15) is 0 Å². The van der Waals surface area contributed by atoms with Gasteiger partial charge in [0.15, 0.2) is 0 Å². The standard InChI is InChI=1S/C14H14ClN3/c1-14(2,5-6-16)4-3-10-8-13(18)11(9-17)7-12(10)15/h7-9,17H,5,18H2,1-2H3. The van der Waals surface area contributed by atoms with Crippen LogP contribution >= 0.6 is 11.6 Å². The number of nitrogens with zero attached hydrogens (tertiary/aromatic N) is 1. The molecule has 0 unspecified atom stereocenters. The number of benzene rings is 1. The Kier molecular flexibility index (Phi) is 4.37. The first kappa shape index (κ1) is 14.1. The van der Waals surface area contributed by atoms with Crippen LogP contribution in [0.1, 0.15) is 31.4 Å². The van der Waals surface area contributed by atoms with Crippen LogP contribution in [0.3, 0.4) is 0 Å². The highest BCUT2D eigenvalue weighted by Crippen LogP contribution is 2.23. The molecule has 18 heavy (non-hydrogen) atoms. The average molecular weight is 260 g/mol. The van der Waals surface area contributed by atoms with Gasteiger partial charge in [-0.15, -0.1) is 0 Å². The van der Waals surface area contributed by atoms with Gasteiger partial charge < -0.3 is 11.1 Å². The van der Waals surface area contributed by atoms with E-state index in [2.05, 4.69) is 17.9 Å². The van der Waals surface area contributed by atoms with Crippen molar-refractivity contribution in [3.8, 4) is 17.9 Å². The molecule has 1 aromatic rings. The zero-order chi connectivity index (χ0) is 13.8. The summed E-state index contributed by atoms with van der Waals surface area (Å²) in [5.41, 5.74) is 7.04. The van der Waals surface area contributed by atoms with Crippen molar-refractivity contribution < 1.29 is 0 Å². The van der Waals surface area contributed by atoms with E-state index in [-0.39, 0.29) is 5.41 Å². The third kappa shape index (κ3) is 3.52. The number of nitrogens with two attached hydrogens (primary N) is 1. The summed E-state index contributed by atoms with van der Waals surface area (Å²) < 4.78 is 0. The Morgan fingerprint density at radius 2 is 2.17 bits per heavy atom. The Labute approximate surface area is 112 Å². The molecule has 0 aromatic heterocycles. The smallest absolute Gasteiger partial charge is 0.0637 e. The maximum atomic E-state index is 8.68. The molecule has 0 heterocycles. The van der Waals surface area contributed by atoms with Gasteiger partial charge in [-0.25, -0.2) is 0 Å². The molecule has 0 saturated heterocycles. The van der Waals surface area contributed by atoms with E-state index >= 15 is 0 Å². The third-order valence-electron chi connectivity index (χ3n) is 2.38. The molecule has 0 fully saturated rings. The summed E-state index contributed by atoms with van der Waals surface area (Å²) in [5.74, 6) is 5.95. The molecule has 3 N–H and O–H groups in total. The highest BCUT2D eigenvalue weighted by molar-refractivity contribution is 6.32. The van der Waals surface area contributed by atoms with Gasteiger partial charge in [0, 0.05) is 28.4 Å². The molecule has 0 aliphatic carbocycles. The average Bonchev–Trinajstić information content (AvgIpc) is 2.29. The first-order chi connectivity index (χ1) is 8.39. The predicted molar refractivity (Wildman–Crippen MR) is 74.6 cm³/mol. The molecule has 92 valence electrons. The Morgan fingerprint density at radius 3 is 2.72 bits per heavy atom. The van der Waals surface area contributed by atoms with E-state index in [0.717, 1.165) is 6.21 Å². The lowest BCUT2D eigenvalue weighted by atomic mass is 9.90. The van der Waals surface area contributed by atoms with Gasteiger partial charge in [-0.1, -0.05) is 23.4 Å². The Morgan fingerprint density at radius 1 is 1.50 bits per heavy atom. The van der Waals surface area contributed by atoms with Crippen LogP contribution in [0.2, 0.25) is 5.02 Å². The Hall–Kier alpha value is -1.97. The number of nitrogens with one attached hydrogen (secondary N) is 1. The largest absolute Gasteiger partial charge is 0.398 e. The van der Waals surface area contributed by atoms with E-state index < -0.39 is 0 Å². The van der Waals surface area contributed by atoms with Crippen molar-refractivity contribution in [3.63, 3.8) is 0 Å². The van der Waals surface area contributed by atoms with Crippen LogP contribution in [0.4, 0.5) is 5.69 Å². The van der Waals surface area contributed by atoms with Gasteiger partial charge in [-0.2, -0.15) is 5.26 Å². The van der Waals surface area contributed by atoms with Crippen LogP contribution in [0.25, 0.3) is 0 Å². The van der Waals surface area contributed by atoms with Gasteiger partial charge in [0.05, 0.1) is 17.5 Å². The molecule has 0 spiro atoms. The van der Waals surface area contributed by atoms with E-state index in [0.29, 0.717) is 28.3 Å². The molecule has 0 atom stereocenters. The molecule has 0 amide bonds. The van der Waals surface area contributed by atoms with Crippen LogP contribution in [-0.2, 0) is 0 Å². The molecule has 1 aromatic carbocycles. The number of nitrogen functional groups attached to an aromatic ring is 1. The molecule has 4 heteroatoms. The number of nitriles is 1. The van der Waals surface area contributed by atoms with E-state index in [1.54, 1.807) is 12.1 Å². The normalized spacial score (nSPS) is 10.1. The van der Waals surface area contributed by atoms with Gasteiger partial charge in [0.25, 0.3) is 0 Å². The summed E-state index contributed by atoms with van der Waals surface area (Å²) in [4.78, 5) is 0. The Bertz CT molecular complexity index is 571. The maximum Gasteiger partial charge on any atom is 0.0637 e. The number of hydrogen-bond donors (Lipinski definition) is 2. The second kappa shape index (κ2) is 5.58. The number of rotatable bonds is 2. The minimum atomic E-state index is -0.382. The van der Waals surface area contributed by atoms with Crippen LogP contribution in [0.5, 0.6) is 0 Å². The fourth-order valence-electron chi connectivity index (χ4n) is 1.30. The summed E-state index contributed by atoms with van der Waals surface area (Å²) in [6.45, 7) is 3.79. The molecule has 3 nitrogen and oxygen atoms in total. The topological polar surface area (TPSA) is 73.7 Å². The van der Waals surface area contributed by atoms with Gasteiger partial charge in [0.1, 0.15) is 0 Å². The molecule has 0 radical (unpaired) electrons. The maximum absolute atomic E-state index is 8.68. The lowest BCUT2D eigenvalue weighted by Gasteiger charge is -2.11. The van der Waals surface area contributed by atoms with Crippen LogP contribution in [0, 0.1) is 34.0 Å². The number of anilines is 1. The Balaban J connectivity index is 3.14. The van der Waals surface area contributed by atoms with Crippen LogP contribution in [0.15, 0.2) is 12.1 Å². The lowest BCUT2D eigenvalue weighted by Crippen LogP contribution is -2.06. The van der Waals surface area contributed by atoms with Crippen molar-refractivity contribution >= 4 is 23.5 Å². The van der Waals surface area contributed by atoms with E-state index in [1.807, 2.05) is 13.8 Å². The summed E-state index contributed by atoms with van der Waals surface area (Å²) >= 11 is 6.06. The summed E-state index contributed by atoms with van der Waals surface area (Å²) in [6.07, 6.45) is 1.50. The molecule has 1 rings (SSSR count). The van der Waals surface area contributed by atoms with Crippen LogP contribution in [-0.4, -0.2) is 6.21 Å². The lowest BCUT2D eigenvalue weighted by molar-refractivity contribution is 0.519. The minimum Gasteiger partial charge on any atom is -0.398 e. The number of halogens is 1. The first-order valence-electron chi connectivity index (χ1n) is 5.39. The van der Waals surface area contributed by atoms with Gasteiger partial charge >= 0.3 is 0 Å². The van der Waals surface area contributed by atoms with Crippen molar-refractivity contribution in [1.29, 1.82) is 10.7 Å². The van der Waals surface area contributed by atoms with E-state index in [1.165, 1.54) is 0 Å². The van der Waals surface area contributed by atoms with Crippen molar-refractivity contribution in [2.24, 2.45) is 5.41 Å². The monoisotopic (exact) mass is 259 g/mol. The van der Waals surface area contributed by atoms with Gasteiger partial charge in [-0.3, -0.25) is 0 Å². The first-order valence-corrected chi connectivity index (χ1v) is 5.77. The van der Waals surface area contributed by atoms with Gasteiger partial charge in [-0.05, 0) is 26.0 Å². The molecular formula is C14H14ClN3. The fourth-order valence-corrected chi connectivity index (χ4v) is 1.52. The molecule has 0 saturated carbocycles. The van der Waals surface area contributed by atoms with Crippen molar-refractivity contribution in [3.05, 3.63) is 28.3 Å². The number of hydrogen-bond acceptors (Lipinski definition) is 3. The quantitative estimate of drug-likeness (QED) is 0.486. The molecule has 0 aliphatic rings. The molecule has 0 aliphatic heterocycles. The molecular weight excluding hydrogens is 246 g/mol. The second-order valence-corrected chi connectivity index (χ2v) is 4.98. The zero-order valence-electron chi connectivity index (χ0n) is 10.3. The highest BCUT2D eigenvalue weighted by atomic mass is 35.5. The third-order valence-corrected chi connectivity index (χ3v) is 2.70. The minimum absolute atomic E-state index is 0.353. The second-order valence-electron chi connectivity index (χ2n) is 4.57. The fraction of sp³-hybridized carbons (Fsp3) is 0.286.